The first-order chi connectivity index (χ1) is 19.5. The minimum absolute atomic E-state index is 0.228. The highest BCUT2D eigenvalue weighted by atomic mass is 16.3. The number of benzene rings is 4. The van der Waals surface area contributed by atoms with Crippen molar-refractivity contribution in [2.45, 2.75) is 39.5 Å². The molecule has 7 nitrogen and oxygen atoms in total. The van der Waals surface area contributed by atoms with Crippen molar-refractivity contribution >= 4 is 33.2 Å². The smallest absolute Gasteiger partial charge is 0.224 e. The summed E-state index contributed by atoms with van der Waals surface area (Å²) in [5, 5.41) is 18.6. The third-order valence-electron chi connectivity index (χ3n) is 7.54. The van der Waals surface area contributed by atoms with E-state index in [0.717, 1.165) is 33.2 Å². The van der Waals surface area contributed by atoms with E-state index in [9.17, 15) is 0 Å². The summed E-state index contributed by atoms with van der Waals surface area (Å²) in [6.07, 6.45) is 0. The van der Waals surface area contributed by atoms with E-state index in [2.05, 4.69) is 101 Å². The molecule has 0 unspecified atom stereocenters. The molecule has 7 aromatic rings. The quantitative estimate of drug-likeness (QED) is 0.226. The molecule has 0 aliphatic carbocycles. The van der Waals surface area contributed by atoms with Crippen molar-refractivity contribution in [2.24, 2.45) is 0 Å². The van der Waals surface area contributed by atoms with Gasteiger partial charge in [0.1, 0.15) is 11.2 Å². The van der Waals surface area contributed by atoms with Gasteiger partial charge in [0.2, 0.25) is 11.3 Å². The summed E-state index contributed by atoms with van der Waals surface area (Å²) in [7, 11) is 0. The lowest BCUT2D eigenvalue weighted by Gasteiger charge is -2.23. The second-order valence-electron chi connectivity index (χ2n) is 10.8. The van der Waals surface area contributed by atoms with Crippen molar-refractivity contribution in [2.75, 3.05) is 0 Å². The van der Waals surface area contributed by atoms with Gasteiger partial charge < -0.3 is 4.42 Å². The van der Waals surface area contributed by atoms with Gasteiger partial charge in [-0.1, -0.05) is 88.4 Å². The standard InChI is InChI=1S/C33H28N6O/c1-19(2)26-17-22(21-11-6-5-7-12-21)18-27(20(3)4)29(26)39-32(34-31-33(39)36-38-37-35-31)25-15-10-14-24-23-13-8-9-16-28(23)40-30(24)25/h5-20H,1-4H3. The summed E-state index contributed by atoms with van der Waals surface area (Å²) in [6.45, 7) is 8.90. The Hall–Kier alpha value is -4.91. The number of hydrogen-bond acceptors (Lipinski definition) is 6. The molecule has 0 radical (unpaired) electrons. The van der Waals surface area contributed by atoms with Crippen LogP contribution in [0.4, 0.5) is 0 Å². The number of hydrogen-bond donors (Lipinski definition) is 0. The fourth-order valence-electron chi connectivity index (χ4n) is 5.61. The number of para-hydroxylation sites is 2. The Balaban J connectivity index is 1.59. The molecule has 4 aromatic carbocycles. The van der Waals surface area contributed by atoms with Gasteiger partial charge in [0.05, 0.1) is 11.3 Å². The average molecular weight is 525 g/mol. The minimum Gasteiger partial charge on any atom is -0.455 e. The summed E-state index contributed by atoms with van der Waals surface area (Å²) in [4.78, 5) is 4.99. The van der Waals surface area contributed by atoms with Gasteiger partial charge in [-0.2, -0.15) is 0 Å². The van der Waals surface area contributed by atoms with E-state index in [1.807, 2.05) is 36.4 Å². The molecule has 0 saturated heterocycles. The van der Waals surface area contributed by atoms with Gasteiger partial charge in [-0.15, -0.1) is 10.2 Å². The van der Waals surface area contributed by atoms with Crippen LogP contribution < -0.4 is 0 Å². The molecule has 0 aliphatic heterocycles. The van der Waals surface area contributed by atoms with E-state index in [1.165, 1.54) is 22.3 Å². The minimum atomic E-state index is 0.228. The molecule has 3 heterocycles. The molecule has 0 fully saturated rings. The molecule has 40 heavy (non-hydrogen) atoms. The summed E-state index contributed by atoms with van der Waals surface area (Å²) < 4.78 is 8.54. The highest BCUT2D eigenvalue weighted by Crippen LogP contribution is 2.41. The van der Waals surface area contributed by atoms with Crippen LogP contribution in [0.1, 0.15) is 50.7 Å². The van der Waals surface area contributed by atoms with Gasteiger partial charge >= 0.3 is 0 Å². The number of nitrogens with zero attached hydrogens (tertiary/aromatic N) is 6. The molecule has 7 heteroatoms. The van der Waals surface area contributed by atoms with Crippen LogP contribution >= 0.6 is 0 Å². The molecule has 0 spiro atoms. The Morgan fingerprint density at radius 1 is 0.675 bits per heavy atom. The lowest BCUT2D eigenvalue weighted by Crippen LogP contribution is -2.10. The Morgan fingerprint density at radius 2 is 1.35 bits per heavy atom. The molecular formula is C33H28N6O. The molecule has 0 atom stereocenters. The molecule has 196 valence electrons. The molecule has 0 bridgehead atoms. The maximum atomic E-state index is 6.43. The summed E-state index contributed by atoms with van der Waals surface area (Å²) >= 11 is 0. The topological polar surface area (TPSA) is 82.5 Å². The zero-order valence-corrected chi connectivity index (χ0v) is 22.8. The number of fused-ring (bicyclic) bond motifs is 4. The maximum absolute atomic E-state index is 6.43. The Labute approximate surface area is 231 Å². The molecule has 0 amide bonds. The van der Waals surface area contributed by atoms with Gasteiger partial charge in [-0.3, -0.25) is 4.57 Å². The van der Waals surface area contributed by atoms with Crippen LogP contribution in [0.15, 0.2) is 89.3 Å². The normalized spacial score (nSPS) is 11.9. The number of rotatable bonds is 5. The fourth-order valence-corrected chi connectivity index (χ4v) is 5.61. The highest BCUT2D eigenvalue weighted by molar-refractivity contribution is 6.09. The summed E-state index contributed by atoms with van der Waals surface area (Å²) in [5.41, 5.74) is 9.30. The SMILES string of the molecule is CC(C)c1cc(-c2ccccc2)cc(C(C)C)c1-n1c(-c2cccc3c2oc2ccccc23)nc2nnnnc21. The lowest BCUT2D eigenvalue weighted by atomic mass is 9.88. The van der Waals surface area contributed by atoms with Gasteiger partial charge in [-0.25, -0.2) is 4.98 Å². The van der Waals surface area contributed by atoms with Crippen LogP contribution in [0, 0.1) is 0 Å². The van der Waals surface area contributed by atoms with Crippen molar-refractivity contribution in [1.82, 2.24) is 30.2 Å². The Morgan fingerprint density at radius 3 is 2.10 bits per heavy atom. The monoisotopic (exact) mass is 524 g/mol. The third-order valence-corrected chi connectivity index (χ3v) is 7.54. The molecule has 0 saturated carbocycles. The fraction of sp³-hybridized carbons (Fsp3) is 0.182. The molecular weight excluding hydrogens is 496 g/mol. The first-order valence-corrected chi connectivity index (χ1v) is 13.6. The molecule has 7 rings (SSSR count). The first kappa shape index (κ1) is 24.2. The van der Waals surface area contributed by atoms with Crippen molar-refractivity contribution in [1.29, 1.82) is 0 Å². The van der Waals surface area contributed by atoms with Gasteiger partial charge in [-0.05, 0) is 68.8 Å². The number of aromatic nitrogens is 6. The van der Waals surface area contributed by atoms with Crippen molar-refractivity contribution in [3.63, 3.8) is 0 Å². The molecule has 0 N–H and O–H groups in total. The predicted molar refractivity (Wildman–Crippen MR) is 159 cm³/mol. The van der Waals surface area contributed by atoms with E-state index < -0.39 is 0 Å². The van der Waals surface area contributed by atoms with Gasteiger partial charge in [0.15, 0.2) is 5.82 Å². The lowest BCUT2D eigenvalue weighted by molar-refractivity contribution is 0.669. The van der Waals surface area contributed by atoms with Crippen LogP contribution in [-0.4, -0.2) is 30.2 Å². The average Bonchev–Trinajstić information content (AvgIpc) is 3.55. The second kappa shape index (κ2) is 9.38. The van der Waals surface area contributed by atoms with Crippen molar-refractivity contribution in [3.05, 3.63) is 96.1 Å². The summed E-state index contributed by atoms with van der Waals surface area (Å²) in [6, 6.07) is 29.4. The first-order valence-electron chi connectivity index (χ1n) is 13.6. The zero-order valence-electron chi connectivity index (χ0n) is 22.8. The molecule has 3 aromatic heterocycles. The number of imidazole rings is 1. The third kappa shape index (κ3) is 3.77. The molecule has 0 aliphatic rings. The summed E-state index contributed by atoms with van der Waals surface area (Å²) in [5.74, 6) is 1.16. The maximum Gasteiger partial charge on any atom is 0.224 e. The van der Waals surface area contributed by atoms with E-state index in [-0.39, 0.29) is 11.8 Å². The van der Waals surface area contributed by atoms with Crippen LogP contribution in [0.25, 0.3) is 61.4 Å². The van der Waals surface area contributed by atoms with Crippen LogP contribution in [-0.2, 0) is 0 Å². The Bertz CT molecular complexity index is 1990. The predicted octanol–water partition coefficient (Wildman–Crippen LogP) is 8.09. The van der Waals surface area contributed by atoms with E-state index in [4.69, 9.17) is 9.40 Å². The van der Waals surface area contributed by atoms with Crippen molar-refractivity contribution < 1.29 is 4.42 Å². The van der Waals surface area contributed by atoms with Gasteiger partial charge in [0, 0.05) is 10.8 Å². The highest BCUT2D eigenvalue weighted by Gasteiger charge is 2.26. The van der Waals surface area contributed by atoms with Crippen LogP contribution in [0.2, 0.25) is 0 Å². The van der Waals surface area contributed by atoms with E-state index in [1.54, 1.807) is 0 Å². The van der Waals surface area contributed by atoms with Gasteiger partial charge in [0.25, 0.3) is 0 Å². The second-order valence-corrected chi connectivity index (χ2v) is 10.8. The largest absolute Gasteiger partial charge is 0.455 e. The number of furan rings is 1. The van der Waals surface area contributed by atoms with Crippen LogP contribution in [0.3, 0.4) is 0 Å². The van der Waals surface area contributed by atoms with E-state index in [0.29, 0.717) is 17.1 Å². The van der Waals surface area contributed by atoms with Crippen molar-refractivity contribution in [3.8, 4) is 28.2 Å². The zero-order chi connectivity index (χ0) is 27.4. The van der Waals surface area contributed by atoms with E-state index >= 15 is 0 Å². The van der Waals surface area contributed by atoms with Crippen LogP contribution in [0.5, 0.6) is 0 Å². The Kier molecular flexibility index (Phi) is 5.66.